The Bertz CT molecular complexity index is 530. The summed E-state index contributed by atoms with van der Waals surface area (Å²) in [5, 5.41) is 3.22. The van der Waals surface area contributed by atoms with Crippen LogP contribution in [0.15, 0.2) is 36.7 Å². The van der Waals surface area contributed by atoms with Crippen LogP contribution in [0.4, 0.5) is 17.1 Å². The number of anilines is 3. The molecule has 1 aliphatic heterocycles. The first-order valence-corrected chi connectivity index (χ1v) is 4.62. The van der Waals surface area contributed by atoms with Crippen LogP contribution >= 0.6 is 12.4 Å². The lowest BCUT2D eigenvalue weighted by molar-refractivity contribution is 0.479. The van der Waals surface area contributed by atoms with Crippen molar-refractivity contribution < 1.29 is 4.74 Å². The fourth-order valence-corrected chi connectivity index (χ4v) is 1.58. The molecule has 1 aliphatic rings. The number of nitrogens with zero attached hydrogens (tertiary/aromatic N) is 1. The van der Waals surface area contributed by atoms with E-state index in [4.69, 9.17) is 10.5 Å². The Morgan fingerprint density at radius 2 is 1.94 bits per heavy atom. The highest BCUT2D eigenvalue weighted by Gasteiger charge is 2.17. The van der Waals surface area contributed by atoms with E-state index < -0.39 is 0 Å². The van der Waals surface area contributed by atoms with Crippen LogP contribution in [0.5, 0.6) is 11.5 Å². The fraction of sp³-hybridized carbons (Fsp3) is 0. The van der Waals surface area contributed by atoms with Gasteiger partial charge in [0.1, 0.15) is 5.69 Å². The molecule has 3 rings (SSSR count). The number of para-hydroxylation sites is 2. The van der Waals surface area contributed by atoms with Gasteiger partial charge in [0.15, 0.2) is 11.5 Å². The van der Waals surface area contributed by atoms with Gasteiger partial charge >= 0.3 is 0 Å². The Morgan fingerprint density at radius 1 is 1.12 bits per heavy atom. The summed E-state index contributed by atoms with van der Waals surface area (Å²) in [5.74, 6) is 1.45. The first-order chi connectivity index (χ1) is 7.34. The van der Waals surface area contributed by atoms with Gasteiger partial charge in [0.25, 0.3) is 0 Å². The largest absolute Gasteiger partial charge is 0.451 e. The minimum Gasteiger partial charge on any atom is -0.451 e. The second-order valence-corrected chi connectivity index (χ2v) is 3.33. The molecule has 0 atom stereocenters. The predicted octanol–water partition coefficient (Wildman–Crippen LogP) is 2.93. The number of nitrogens with one attached hydrogen (secondary N) is 1. The van der Waals surface area contributed by atoms with E-state index in [0.717, 1.165) is 17.1 Å². The van der Waals surface area contributed by atoms with Crippen LogP contribution in [0, 0.1) is 0 Å². The van der Waals surface area contributed by atoms with Crippen LogP contribution in [0.3, 0.4) is 0 Å². The van der Waals surface area contributed by atoms with Crippen molar-refractivity contribution in [1.29, 1.82) is 0 Å². The maximum absolute atomic E-state index is 5.79. The zero-order valence-corrected chi connectivity index (χ0v) is 9.12. The number of hydrogen-bond acceptors (Lipinski definition) is 4. The van der Waals surface area contributed by atoms with E-state index in [1.54, 1.807) is 12.4 Å². The van der Waals surface area contributed by atoms with Crippen molar-refractivity contribution in [3.63, 3.8) is 0 Å². The van der Waals surface area contributed by atoms with Crippen molar-refractivity contribution in [1.82, 2.24) is 4.98 Å². The molecule has 0 saturated heterocycles. The van der Waals surface area contributed by atoms with Gasteiger partial charge < -0.3 is 15.8 Å². The molecule has 0 amide bonds. The molecule has 2 heterocycles. The average molecular weight is 236 g/mol. The van der Waals surface area contributed by atoms with Gasteiger partial charge in [0, 0.05) is 0 Å². The Kier molecular flexibility index (Phi) is 2.58. The topological polar surface area (TPSA) is 60.2 Å². The maximum Gasteiger partial charge on any atom is 0.171 e. The molecule has 0 saturated carbocycles. The van der Waals surface area contributed by atoms with Gasteiger partial charge in [-0.25, -0.2) is 0 Å². The number of halogens is 1. The molecule has 2 aromatic rings. The summed E-state index contributed by atoms with van der Waals surface area (Å²) in [6.07, 6.45) is 3.25. The summed E-state index contributed by atoms with van der Waals surface area (Å²) in [6.45, 7) is 0. The minimum absolute atomic E-state index is 0. The lowest BCUT2D eigenvalue weighted by atomic mass is 10.2. The zero-order chi connectivity index (χ0) is 10.3. The molecular formula is C11H10ClN3O. The van der Waals surface area contributed by atoms with E-state index in [-0.39, 0.29) is 12.4 Å². The van der Waals surface area contributed by atoms with Crippen molar-refractivity contribution in [2.45, 2.75) is 0 Å². The second-order valence-electron chi connectivity index (χ2n) is 3.33. The van der Waals surface area contributed by atoms with Gasteiger partial charge in [-0.2, -0.15) is 0 Å². The second kappa shape index (κ2) is 3.90. The summed E-state index contributed by atoms with van der Waals surface area (Å²) in [4.78, 5) is 3.98. The highest BCUT2D eigenvalue weighted by Crippen LogP contribution is 2.43. The summed E-state index contributed by atoms with van der Waals surface area (Å²) < 4.78 is 5.65. The van der Waals surface area contributed by atoms with Gasteiger partial charge in [0.2, 0.25) is 0 Å². The first kappa shape index (κ1) is 10.6. The van der Waals surface area contributed by atoms with Gasteiger partial charge in [-0.05, 0) is 12.1 Å². The van der Waals surface area contributed by atoms with Crippen molar-refractivity contribution >= 4 is 29.5 Å². The smallest absolute Gasteiger partial charge is 0.171 e. The van der Waals surface area contributed by atoms with Crippen molar-refractivity contribution in [2.75, 3.05) is 11.1 Å². The van der Waals surface area contributed by atoms with Gasteiger partial charge in [-0.15, -0.1) is 12.4 Å². The quantitative estimate of drug-likeness (QED) is 0.629. The van der Waals surface area contributed by atoms with Crippen LogP contribution in [-0.4, -0.2) is 4.98 Å². The summed E-state index contributed by atoms with van der Waals surface area (Å²) in [7, 11) is 0. The third kappa shape index (κ3) is 1.53. The lowest BCUT2D eigenvalue weighted by Crippen LogP contribution is -2.05. The van der Waals surface area contributed by atoms with Crippen molar-refractivity contribution in [3.8, 4) is 11.5 Å². The zero-order valence-electron chi connectivity index (χ0n) is 8.31. The number of aromatic nitrogens is 1. The van der Waals surface area contributed by atoms with E-state index in [9.17, 15) is 0 Å². The molecule has 3 N–H and O–H groups in total. The van der Waals surface area contributed by atoms with Crippen LogP contribution in [-0.2, 0) is 0 Å². The molecule has 5 heteroatoms. The Morgan fingerprint density at radius 3 is 2.81 bits per heavy atom. The van der Waals surface area contributed by atoms with Crippen molar-refractivity contribution in [2.24, 2.45) is 0 Å². The lowest BCUT2D eigenvalue weighted by Gasteiger charge is -2.21. The van der Waals surface area contributed by atoms with E-state index in [2.05, 4.69) is 10.3 Å². The SMILES string of the molecule is Cl.Nc1cncc2c1Nc1ccccc1O2. The number of pyridine rings is 1. The normalized spacial score (nSPS) is 11.2. The summed E-state index contributed by atoms with van der Waals surface area (Å²) in [6, 6.07) is 7.70. The van der Waals surface area contributed by atoms with Crippen LogP contribution in [0.1, 0.15) is 0 Å². The molecule has 1 aromatic carbocycles. The number of rotatable bonds is 0. The number of nitrogens with two attached hydrogens (primary N) is 1. The third-order valence-corrected chi connectivity index (χ3v) is 2.31. The molecule has 0 bridgehead atoms. The van der Waals surface area contributed by atoms with E-state index in [0.29, 0.717) is 11.4 Å². The number of benzene rings is 1. The Hall–Kier alpha value is -1.94. The number of hydrogen-bond donors (Lipinski definition) is 2. The number of fused-ring (bicyclic) bond motifs is 2. The van der Waals surface area contributed by atoms with Crippen LogP contribution < -0.4 is 15.8 Å². The van der Waals surface area contributed by atoms with Crippen LogP contribution in [0.2, 0.25) is 0 Å². The summed E-state index contributed by atoms with van der Waals surface area (Å²) >= 11 is 0. The van der Waals surface area contributed by atoms with Gasteiger partial charge in [-0.1, -0.05) is 12.1 Å². The monoisotopic (exact) mass is 235 g/mol. The molecule has 1 aromatic heterocycles. The van der Waals surface area contributed by atoms with E-state index in [1.807, 2.05) is 24.3 Å². The molecular weight excluding hydrogens is 226 g/mol. The molecule has 0 unspecified atom stereocenters. The average Bonchev–Trinajstić information content (AvgIpc) is 2.27. The maximum atomic E-state index is 5.79. The highest BCUT2D eigenvalue weighted by molar-refractivity contribution is 5.85. The van der Waals surface area contributed by atoms with E-state index in [1.165, 1.54) is 0 Å². The summed E-state index contributed by atoms with van der Waals surface area (Å²) in [5.41, 5.74) is 8.08. The molecule has 16 heavy (non-hydrogen) atoms. The molecule has 82 valence electrons. The van der Waals surface area contributed by atoms with Gasteiger partial charge in [-0.3, -0.25) is 4.98 Å². The van der Waals surface area contributed by atoms with Crippen LogP contribution in [0.25, 0.3) is 0 Å². The van der Waals surface area contributed by atoms with Gasteiger partial charge in [0.05, 0.1) is 23.8 Å². The molecule has 0 spiro atoms. The number of ether oxygens (including phenoxy) is 1. The Labute approximate surface area is 98.9 Å². The Balaban J connectivity index is 0.000000963. The standard InChI is InChI=1S/C11H9N3O.ClH/c12-7-5-13-6-10-11(7)14-8-3-1-2-4-9(8)15-10;/h1-6,14H,12H2;1H. The minimum atomic E-state index is 0. The van der Waals surface area contributed by atoms with E-state index >= 15 is 0 Å². The predicted molar refractivity (Wildman–Crippen MR) is 65.7 cm³/mol. The molecule has 0 radical (unpaired) electrons. The fourth-order valence-electron chi connectivity index (χ4n) is 1.58. The van der Waals surface area contributed by atoms with Crippen molar-refractivity contribution in [3.05, 3.63) is 36.7 Å². The number of nitrogen functional groups attached to an aromatic ring is 1. The first-order valence-electron chi connectivity index (χ1n) is 4.62. The molecule has 0 fully saturated rings. The third-order valence-electron chi connectivity index (χ3n) is 2.31. The molecule has 4 nitrogen and oxygen atoms in total. The highest BCUT2D eigenvalue weighted by atomic mass is 35.5. The molecule has 0 aliphatic carbocycles.